The van der Waals surface area contributed by atoms with Crippen LogP contribution in [0.1, 0.15) is 18.4 Å². The molecule has 1 N–H and O–H groups in total. The van der Waals surface area contributed by atoms with Gasteiger partial charge in [-0.25, -0.2) is 0 Å². The van der Waals surface area contributed by atoms with Crippen molar-refractivity contribution in [2.75, 3.05) is 65.2 Å². The van der Waals surface area contributed by atoms with Crippen molar-refractivity contribution < 1.29 is 9.00 Å². The van der Waals surface area contributed by atoms with Gasteiger partial charge in [0.05, 0.1) is 6.54 Å². The predicted molar refractivity (Wildman–Crippen MR) is 118 cm³/mol. The molecule has 0 aromatic heterocycles. The summed E-state index contributed by atoms with van der Waals surface area (Å²) in [7, 11) is 0.890. The van der Waals surface area contributed by atoms with E-state index in [0.717, 1.165) is 63.6 Å². The number of nitrogens with zero attached hydrogens (tertiary/aromatic N) is 4. The Bertz CT molecular complexity index is 698. The van der Waals surface area contributed by atoms with Crippen molar-refractivity contribution in [2.24, 2.45) is 4.99 Å². The van der Waals surface area contributed by atoms with Crippen LogP contribution >= 0.6 is 0 Å². The third-order valence-corrected chi connectivity index (χ3v) is 6.80. The number of hydrogen-bond acceptors (Lipinski definition) is 4. The highest BCUT2D eigenvalue weighted by atomic mass is 32.2. The minimum atomic E-state index is -0.895. The van der Waals surface area contributed by atoms with Crippen LogP contribution in [0.25, 0.3) is 0 Å². The standard InChI is InChI=1S/C21H33N5O2S/c1-22-21(23-9-16-29(28)18-19-7-3-2-4-8-19)26-14-12-24(13-15-26)17-20(27)25-10-5-6-11-25/h2-4,7-8H,5-6,9-18H2,1H3,(H,22,23). The number of piperazine rings is 1. The third kappa shape index (κ3) is 6.82. The number of aliphatic imine (C=N–C) groups is 1. The Morgan fingerprint density at radius 3 is 2.38 bits per heavy atom. The van der Waals surface area contributed by atoms with Crippen molar-refractivity contribution in [3.63, 3.8) is 0 Å². The summed E-state index contributed by atoms with van der Waals surface area (Å²) in [6.45, 7) is 6.42. The molecule has 2 saturated heterocycles. The SMILES string of the molecule is CN=C(NCCS(=O)Cc1ccccc1)N1CCN(CC(=O)N2CCCC2)CC1. The number of carbonyl (C=O) groups excluding carboxylic acids is 1. The van der Waals surface area contributed by atoms with E-state index < -0.39 is 10.8 Å². The summed E-state index contributed by atoms with van der Waals surface area (Å²) in [5, 5.41) is 3.35. The van der Waals surface area contributed by atoms with Gasteiger partial charge in [0.25, 0.3) is 0 Å². The van der Waals surface area contributed by atoms with Crippen LogP contribution in [-0.2, 0) is 21.3 Å². The summed E-state index contributed by atoms with van der Waals surface area (Å²) < 4.78 is 12.3. The Morgan fingerprint density at radius 1 is 1.03 bits per heavy atom. The fraction of sp³-hybridized carbons (Fsp3) is 0.619. The van der Waals surface area contributed by atoms with E-state index in [9.17, 15) is 9.00 Å². The average Bonchev–Trinajstić information content (AvgIpc) is 3.28. The Kier molecular flexibility index (Phi) is 8.49. The van der Waals surface area contributed by atoms with Gasteiger partial charge in [-0.2, -0.15) is 0 Å². The van der Waals surface area contributed by atoms with Crippen LogP contribution in [0.5, 0.6) is 0 Å². The maximum absolute atomic E-state index is 12.3. The van der Waals surface area contributed by atoms with Crippen molar-refractivity contribution >= 4 is 22.7 Å². The smallest absolute Gasteiger partial charge is 0.236 e. The minimum Gasteiger partial charge on any atom is -0.355 e. The Hall–Kier alpha value is -1.93. The predicted octanol–water partition coefficient (Wildman–Crippen LogP) is 0.751. The minimum absolute atomic E-state index is 0.263. The van der Waals surface area contributed by atoms with E-state index in [4.69, 9.17) is 0 Å². The number of guanidine groups is 1. The van der Waals surface area contributed by atoms with Crippen LogP contribution in [0.4, 0.5) is 0 Å². The first kappa shape index (κ1) is 21.8. The molecular weight excluding hydrogens is 386 g/mol. The number of hydrogen-bond donors (Lipinski definition) is 1. The molecule has 3 rings (SSSR count). The van der Waals surface area contributed by atoms with Crippen molar-refractivity contribution in [2.45, 2.75) is 18.6 Å². The van der Waals surface area contributed by atoms with E-state index in [1.807, 2.05) is 35.2 Å². The zero-order chi connectivity index (χ0) is 20.5. The fourth-order valence-electron chi connectivity index (χ4n) is 3.82. The van der Waals surface area contributed by atoms with Crippen molar-refractivity contribution in [3.8, 4) is 0 Å². The Morgan fingerprint density at radius 2 is 1.72 bits per heavy atom. The molecule has 1 unspecified atom stereocenters. The highest BCUT2D eigenvalue weighted by molar-refractivity contribution is 7.84. The van der Waals surface area contributed by atoms with Gasteiger partial charge in [-0.3, -0.25) is 18.9 Å². The topological polar surface area (TPSA) is 68.2 Å². The lowest BCUT2D eigenvalue weighted by Crippen LogP contribution is -2.54. The average molecular weight is 420 g/mol. The number of benzene rings is 1. The highest BCUT2D eigenvalue weighted by Crippen LogP contribution is 2.09. The van der Waals surface area contributed by atoms with E-state index in [-0.39, 0.29) is 5.91 Å². The van der Waals surface area contributed by atoms with Crippen LogP contribution < -0.4 is 5.32 Å². The molecule has 0 bridgehead atoms. The molecule has 2 aliphatic rings. The van der Waals surface area contributed by atoms with Crippen LogP contribution in [-0.4, -0.2) is 95.9 Å². The lowest BCUT2D eigenvalue weighted by atomic mass is 10.2. The molecule has 8 heteroatoms. The molecule has 0 aliphatic carbocycles. The maximum Gasteiger partial charge on any atom is 0.236 e. The second-order valence-corrected chi connectivity index (χ2v) is 9.18. The van der Waals surface area contributed by atoms with Crippen molar-refractivity contribution in [3.05, 3.63) is 35.9 Å². The lowest BCUT2D eigenvalue weighted by molar-refractivity contribution is -0.131. The van der Waals surface area contributed by atoms with Gasteiger partial charge < -0.3 is 15.1 Å². The van der Waals surface area contributed by atoms with E-state index >= 15 is 0 Å². The molecule has 0 saturated carbocycles. The molecule has 160 valence electrons. The van der Waals surface area contributed by atoms with Gasteiger partial charge in [0.1, 0.15) is 0 Å². The molecule has 1 amide bonds. The molecule has 1 aromatic carbocycles. The molecular formula is C21H33N5O2S. The van der Waals surface area contributed by atoms with Crippen LogP contribution in [0.3, 0.4) is 0 Å². The summed E-state index contributed by atoms with van der Waals surface area (Å²) >= 11 is 0. The number of carbonyl (C=O) groups is 1. The van der Waals surface area contributed by atoms with Gasteiger partial charge in [0, 0.05) is 75.2 Å². The number of likely N-dealkylation sites (tertiary alicyclic amines) is 1. The van der Waals surface area contributed by atoms with E-state index in [2.05, 4.69) is 20.1 Å². The van der Waals surface area contributed by atoms with Crippen molar-refractivity contribution in [1.29, 1.82) is 0 Å². The summed E-state index contributed by atoms with van der Waals surface area (Å²) in [6, 6.07) is 9.95. The van der Waals surface area contributed by atoms with E-state index in [1.165, 1.54) is 0 Å². The van der Waals surface area contributed by atoms with Gasteiger partial charge in [-0.15, -0.1) is 0 Å². The highest BCUT2D eigenvalue weighted by Gasteiger charge is 2.24. The number of nitrogens with one attached hydrogen (secondary N) is 1. The zero-order valence-corrected chi connectivity index (χ0v) is 18.2. The molecule has 2 aliphatic heterocycles. The van der Waals surface area contributed by atoms with Gasteiger partial charge >= 0.3 is 0 Å². The third-order valence-electron chi connectivity index (χ3n) is 5.48. The number of amides is 1. The van der Waals surface area contributed by atoms with Gasteiger partial charge in [-0.1, -0.05) is 30.3 Å². The monoisotopic (exact) mass is 419 g/mol. The van der Waals surface area contributed by atoms with Gasteiger partial charge in [-0.05, 0) is 18.4 Å². The molecule has 29 heavy (non-hydrogen) atoms. The van der Waals surface area contributed by atoms with Crippen molar-refractivity contribution in [1.82, 2.24) is 20.0 Å². The summed E-state index contributed by atoms with van der Waals surface area (Å²) in [6.07, 6.45) is 2.27. The molecule has 0 spiro atoms. The van der Waals surface area contributed by atoms with Crippen LogP contribution in [0.2, 0.25) is 0 Å². The molecule has 2 fully saturated rings. The van der Waals surface area contributed by atoms with Gasteiger partial charge in [0.15, 0.2) is 5.96 Å². The largest absolute Gasteiger partial charge is 0.355 e. The van der Waals surface area contributed by atoms with Crippen LogP contribution in [0.15, 0.2) is 35.3 Å². The summed E-state index contributed by atoms with van der Waals surface area (Å²) in [4.78, 5) is 23.2. The first-order valence-electron chi connectivity index (χ1n) is 10.5. The fourth-order valence-corrected chi connectivity index (χ4v) is 4.86. The second kappa shape index (κ2) is 11.3. The molecule has 1 aromatic rings. The quantitative estimate of drug-likeness (QED) is 0.522. The Balaban J connectivity index is 1.35. The summed E-state index contributed by atoms with van der Waals surface area (Å²) in [5.74, 6) is 2.30. The Labute approximate surface area is 176 Å². The zero-order valence-electron chi connectivity index (χ0n) is 17.4. The van der Waals surface area contributed by atoms with Gasteiger partial charge in [0.2, 0.25) is 5.91 Å². The molecule has 1 atom stereocenters. The second-order valence-electron chi connectivity index (χ2n) is 7.60. The maximum atomic E-state index is 12.3. The van der Waals surface area contributed by atoms with Crippen LogP contribution in [0, 0.1) is 0 Å². The molecule has 2 heterocycles. The first-order chi connectivity index (χ1) is 14.2. The normalized spacial score (nSPS) is 19.4. The lowest BCUT2D eigenvalue weighted by Gasteiger charge is -2.36. The molecule has 0 radical (unpaired) electrons. The first-order valence-corrected chi connectivity index (χ1v) is 12.0. The van der Waals surface area contributed by atoms with E-state index in [1.54, 1.807) is 7.05 Å². The number of rotatable bonds is 7. The van der Waals surface area contributed by atoms with E-state index in [0.29, 0.717) is 24.6 Å². The summed E-state index contributed by atoms with van der Waals surface area (Å²) in [5.41, 5.74) is 1.11. The molecule has 7 nitrogen and oxygen atoms in total.